The third-order valence-electron chi connectivity index (χ3n) is 5.34. The second kappa shape index (κ2) is 11.3. The van der Waals surface area contributed by atoms with Gasteiger partial charge in [0.25, 0.3) is 5.56 Å². The van der Waals surface area contributed by atoms with Gasteiger partial charge in [0.05, 0.1) is 44.8 Å². The molecule has 6 nitrogen and oxygen atoms in total. The lowest BCUT2D eigenvalue weighted by molar-refractivity contribution is -0.895. The number of hydrogen-bond donors (Lipinski definition) is 3. The van der Waals surface area contributed by atoms with Crippen LogP contribution in [0.4, 0.5) is 0 Å². The number of aryl methyl sites for hydroxylation is 2. The molecule has 0 amide bonds. The van der Waals surface area contributed by atoms with E-state index in [2.05, 4.69) is 48.1 Å². The zero-order chi connectivity index (χ0) is 21.4. The SMILES string of the molecule is CC[NH+](CC)CCN(Cc1cc2cc(C)cc(C)c2[nH]c1=O)C(=S)NCCOC. The molecule has 2 rings (SSSR count). The topological polar surface area (TPSA) is 61.8 Å². The van der Waals surface area contributed by atoms with E-state index in [9.17, 15) is 4.79 Å². The van der Waals surface area contributed by atoms with Gasteiger partial charge in [0.2, 0.25) is 0 Å². The van der Waals surface area contributed by atoms with E-state index < -0.39 is 0 Å². The Hall–Kier alpha value is -1.96. The van der Waals surface area contributed by atoms with Crippen molar-refractivity contribution in [2.24, 2.45) is 0 Å². The first kappa shape index (κ1) is 23.3. The van der Waals surface area contributed by atoms with Crippen LogP contribution in [0.15, 0.2) is 23.0 Å². The molecule has 0 atom stereocenters. The van der Waals surface area contributed by atoms with E-state index in [0.29, 0.717) is 24.8 Å². The second-order valence-corrected chi connectivity index (χ2v) is 7.91. The van der Waals surface area contributed by atoms with E-state index >= 15 is 0 Å². The highest BCUT2D eigenvalue weighted by molar-refractivity contribution is 7.80. The molecule has 160 valence electrons. The van der Waals surface area contributed by atoms with Crippen LogP contribution >= 0.6 is 12.2 Å². The van der Waals surface area contributed by atoms with Gasteiger partial charge in [0.15, 0.2) is 5.11 Å². The van der Waals surface area contributed by atoms with Crippen LogP contribution in [-0.4, -0.2) is 61.4 Å². The maximum atomic E-state index is 12.8. The summed E-state index contributed by atoms with van der Waals surface area (Å²) in [5.41, 5.74) is 3.86. The minimum Gasteiger partial charge on any atom is -0.383 e. The first-order valence-electron chi connectivity index (χ1n) is 10.4. The second-order valence-electron chi connectivity index (χ2n) is 7.52. The Labute approximate surface area is 179 Å². The number of pyridine rings is 1. The van der Waals surface area contributed by atoms with Crippen molar-refractivity contribution in [1.82, 2.24) is 15.2 Å². The van der Waals surface area contributed by atoms with Crippen molar-refractivity contribution in [3.05, 3.63) is 45.2 Å². The van der Waals surface area contributed by atoms with Gasteiger partial charge in [0, 0.05) is 19.2 Å². The van der Waals surface area contributed by atoms with Crippen LogP contribution in [0.2, 0.25) is 0 Å². The lowest BCUT2D eigenvalue weighted by atomic mass is 10.1. The summed E-state index contributed by atoms with van der Waals surface area (Å²) in [5, 5.41) is 4.97. The van der Waals surface area contributed by atoms with Crippen molar-refractivity contribution in [1.29, 1.82) is 0 Å². The number of H-pyrrole nitrogens is 1. The van der Waals surface area contributed by atoms with E-state index in [1.165, 1.54) is 10.5 Å². The molecule has 1 aromatic carbocycles. The minimum atomic E-state index is -0.0515. The number of nitrogens with one attached hydrogen (secondary N) is 3. The summed E-state index contributed by atoms with van der Waals surface area (Å²) in [6, 6.07) is 6.20. The smallest absolute Gasteiger partial charge is 0.253 e. The lowest BCUT2D eigenvalue weighted by Gasteiger charge is -2.27. The maximum Gasteiger partial charge on any atom is 0.253 e. The zero-order valence-corrected chi connectivity index (χ0v) is 19.2. The highest BCUT2D eigenvalue weighted by Gasteiger charge is 2.16. The molecular formula is C22H35N4O2S+. The fourth-order valence-corrected chi connectivity index (χ4v) is 3.83. The van der Waals surface area contributed by atoms with E-state index in [4.69, 9.17) is 17.0 Å². The molecule has 0 fully saturated rings. The Morgan fingerprint density at radius 3 is 2.62 bits per heavy atom. The summed E-state index contributed by atoms with van der Waals surface area (Å²) >= 11 is 5.63. The number of thiocarbonyl (C=S) groups is 1. The maximum absolute atomic E-state index is 12.8. The van der Waals surface area contributed by atoms with Crippen molar-refractivity contribution >= 4 is 28.2 Å². The first-order chi connectivity index (χ1) is 13.9. The van der Waals surface area contributed by atoms with Gasteiger partial charge in [-0.25, -0.2) is 0 Å². The Morgan fingerprint density at radius 2 is 1.97 bits per heavy atom. The summed E-state index contributed by atoms with van der Waals surface area (Å²) in [4.78, 5) is 19.4. The van der Waals surface area contributed by atoms with Gasteiger partial charge >= 0.3 is 0 Å². The predicted molar refractivity (Wildman–Crippen MR) is 124 cm³/mol. The summed E-state index contributed by atoms with van der Waals surface area (Å²) in [6.45, 7) is 14.1. The van der Waals surface area contributed by atoms with Gasteiger partial charge in [0.1, 0.15) is 0 Å². The number of quaternary nitrogens is 1. The van der Waals surface area contributed by atoms with Gasteiger partial charge in [-0.2, -0.15) is 0 Å². The number of rotatable bonds is 10. The summed E-state index contributed by atoms with van der Waals surface area (Å²) < 4.78 is 5.11. The summed E-state index contributed by atoms with van der Waals surface area (Å²) in [6.07, 6.45) is 0. The largest absolute Gasteiger partial charge is 0.383 e. The van der Waals surface area contributed by atoms with Crippen molar-refractivity contribution in [3.63, 3.8) is 0 Å². The molecule has 0 aliphatic heterocycles. The third-order valence-corrected chi connectivity index (χ3v) is 5.74. The Balaban J connectivity index is 2.27. The number of hydrogen-bond acceptors (Lipinski definition) is 3. The van der Waals surface area contributed by atoms with Crippen LogP contribution in [0.3, 0.4) is 0 Å². The van der Waals surface area contributed by atoms with E-state index in [1.54, 1.807) is 7.11 Å². The number of methoxy groups -OCH3 is 1. The molecule has 1 heterocycles. The van der Waals surface area contributed by atoms with Crippen molar-refractivity contribution < 1.29 is 9.64 Å². The molecule has 0 unspecified atom stereocenters. The number of aromatic nitrogens is 1. The monoisotopic (exact) mass is 419 g/mol. The molecular weight excluding hydrogens is 384 g/mol. The minimum absolute atomic E-state index is 0.0515. The zero-order valence-electron chi connectivity index (χ0n) is 18.4. The molecule has 0 radical (unpaired) electrons. The third kappa shape index (κ3) is 6.52. The number of fused-ring (bicyclic) bond motifs is 1. The standard InChI is InChI=1S/C22H34N4O2S/c1-6-25(7-2)9-10-26(22(29)23-8-11-28-5)15-19-14-18-13-16(3)12-17(4)20(18)24-21(19)27/h12-14H,6-11,15H2,1-5H3,(H,23,29)(H,24,27)/p+1. The summed E-state index contributed by atoms with van der Waals surface area (Å²) in [5.74, 6) is 0. The fourth-order valence-electron chi connectivity index (χ4n) is 3.58. The number of ether oxygens (including phenoxy) is 1. The Kier molecular flexibility index (Phi) is 9.07. The number of nitrogens with zero attached hydrogens (tertiary/aromatic N) is 1. The summed E-state index contributed by atoms with van der Waals surface area (Å²) in [7, 11) is 1.67. The quantitative estimate of drug-likeness (QED) is 0.401. The predicted octanol–water partition coefficient (Wildman–Crippen LogP) is 1.39. The Morgan fingerprint density at radius 1 is 1.24 bits per heavy atom. The first-order valence-corrected chi connectivity index (χ1v) is 10.8. The highest BCUT2D eigenvalue weighted by atomic mass is 32.1. The molecule has 0 bridgehead atoms. The van der Waals surface area contributed by atoms with Crippen molar-refractivity contribution in [2.75, 3.05) is 46.4 Å². The normalized spacial score (nSPS) is 11.2. The number of likely N-dealkylation sites (N-methyl/N-ethyl adjacent to an activating group) is 1. The Bertz CT molecular complexity index is 877. The molecule has 0 saturated heterocycles. The van der Waals surface area contributed by atoms with Crippen molar-refractivity contribution in [3.8, 4) is 0 Å². The van der Waals surface area contributed by atoms with Gasteiger partial charge in [-0.1, -0.05) is 11.6 Å². The van der Waals surface area contributed by atoms with Gasteiger partial charge in [-0.05, 0) is 63.0 Å². The van der Waals surface area contributed by atoms with Crippen LogP contribution in [0, 0.1) is 13.8 Å². The number of benzene rings is 1. The molecule has 7 heteroatoms. The average molecular weight is 420 g/mol. The van der Waals surface area contributed by atoms with Crippen molar-refractivity contribution in [2.45, 2.75) is 34.2 Å². The molecule has 29 heavy (non-hydrogen) atoms. The van der Waals surface area contributed by atoms with Crippen LogP contribution in [-0.2, 0) is 11.3 Å². The van der Waals surface area contributed by atoms with E-state index in [0.717, 1.165) is 48.2 Å². The highest BCUT2D eigenvalue weighted by Crippen LogP contribution is 2.18. The van der Waals surface area contributed by atoms with Gasteiger partial charge in [-0.3, -0.25) is 4.79 Å². The molecule has 0 aliphatic carbocycles. The van der Waals surface area contributed by atoms with Crippen LogP contribution in [0.25, 0.3) is 10.9 Å². The van der Waals surface area contributed by atoms with Gasteiger partial charge in [-0.15, -0.1) is 0 Å². The molecule has 3 N–H and O–H groups in total. The van der Waals surface area contributed by atoms with E-state index in [1.807, 2.05) is 13.0 Å². The van der Waals surface area contributed by atoms with Crippen LogP contribution in [0.1, 0.15) is 30.5 Å². The molecule has 1 aromatic heterocycles. The molecule has 0 aliphatic rings. The van der Waals surface area contributed by atoms with E-state index in [-0.39, 0.29) is 5.56 Å². The average Bonchev–Trinajstić information content (AvgIpc) is 2.68. The molecule has 0 spiro atoms. The molecule has 2 aromatic rings. The fraction of sp³-hybridized carbons (Fsp3) is 0.545. The van der Waals surface area contributed by atoms with Crippen LogP contribution < -0.4 is 15.8 Å². The molecule has 0 saturated carbocycles. The van der Waals surface area contributed by atoms with Gasteiger partial charge < -0.3 is 24.8 Å². The van der Waals surface area contributed by atoms with Crippen LogP contribution in [0.5, 0.6) is 0 Å². The lowest BCUT2D eigenvalue weighted by Crippen LogP contribution is -3.12. The number of aromatic amines is 1.